The van der Waals surface area contributed by atoms with Gasteiger partial charge in [0.2, 0.25) is 10.0 Å². The van der Waals surface area contributed by atoms with Crippen molar-refractivity contribution in [3.8, 4) is 0 Å². The minimum atomic E-state index is -4.47. The van der Waals surface area contributed by atoms with Crippen molar-refractivity contribution in [3.05, 3.63) is 64.2 Å². The molecule has 0 aliphatic heterocycles. The third kappa shape index (κ3) is 5.36. The van der Waals surface area contributed by atoms with Crippen LogP contribution in [0.4, 0.5) is 18.9 Å². The quantitative estimate of drug-likeness (QED) is 0.802. The highest BCUT2D eigenvalue weighted by atomic mass is 35.5. The summed E-state index contributed by atoms with van der Waals surface area (Å²) < 4.78 is 62.2. The zero-order valence-corrected chi connectivity index (χ0v) is 15.9. The molecule has 0 aromatic heterocycles. The molecule has 2 aromatic carbocycles. The Kier molecular flexibility index (Phi) is 6.06. The number of alkyl halides is 3. The summed E-state index contributed by atoms with van der Waals surface area (Å²) in [6.07, 6.45) is -3.44. The fourth-order valence-electron chi connectivity index (χ4n) is 2.21. The van der Waals surface area contributed by atoms with E-state index in [4.69, 9.17) is 11.6 Å². The average Bonchev–Trinajstić information content (AvgIpc) is 2.57. The van der Waals surface area contributed by atoms with Crippen LogP contribution in [0.3, 0.4) is 0 Å². The van der Waals surface area contributed by atoms with Crippen LogP contribution in [-0.2, 0) is 22.7 Å². The molecule has 0 aliphatic carbocycles. The molecule has 0 atom stereocenters. The molecular weight excluding hydrogens is 405 g/mol. The SMILES string of the molecule is CN(c1ccc(C(=O)NCc2cccc(C(F)(F)F)c2)c(Cl)c1)S(C)(=O)=O. The van der Waals surface area contributed by atoms with Crippen molar-refractivity contribution in [2.75, 3.05) is 17.6 Å². The number of halogens is 4. The number of rotatable bonds is 5. The Morgan fingerprint density at radius 3 is 2.41 bits per heavy atom. The van der Waals surface area contributed by atoms with Crippen LogP contribution >= 0.6 is 11.6 Å². The fraction of sp³-hybridized carbons (Fsp3) is 0.235. The highest BCUT2D eigenvalue weighted by Crippen LogP contribution is 2.29. The van der Waals surface area contributed by atoms with Crippen LogP contribution in [0.25, 0.3) is 0 Å². The minimum Gasteiger partial charge on any atom is -0.348 e. The van der Waals surface area contributed by atoms with Gasteiger partial charge in [-0.25, -0.2) is 8.42 Å². The van der Waals surface area contributed by atoms with E-state index in [1.807, 2.05) is 0 Å². The van der Waals surface area contributed by atoms with Crippen molar-refractivity contribution in [1.82, 2.24) is 5.32 Å². The summed E-state index contributed by atoms with van der Waals surface area (Å²) in [6, 6.07) is 8.69. The Morgan fingerprint density at radius 1 is 1.19 bits per heavy atom. The van der Waals surface area contributed by atoms with E-state index in [0.717, 1.165) is 22.7 Å². The van der Waals surface area contributed by atoms with E-state index >= 15 is 0 Å². The number of hydrogen-bond acceptors (Lipinski definition) is 3. The van der Waals surface area contributed by atoms with Gasteiger partial charge in [-0.05, 0) is 35.9 Å². The molecule has 10 heteroatoms. The molecule has 0 saturated carbocycles. The molecular formula is C17H16ClF3N2O3S. The molecule has 5 nitrogen and oxygen atoms in total. The molecule has 0 saturated heterocycles. The first-order valence-electron chi connectivity index (χ1n) is 7.57. The lowest BCUT2D eigenvalue weighted by Gasteiger charge is -2.17. The average molecular weight is 421 g/mol. The highest BCUT2D eigenvalue weighted by Gasteiger charge is 2.30. The molecule has 146 valence electrons. The van der Waals surface area contributed by atoms with E-state index in [1.165, 1.54) is 37.4 Å². The van der Waals surface area contributed by atoms with Gasteiger partial charge in [0.05, 0.1) is 28.1 Å². The summed E-state index contributed by atoms with van der Waals surface area (Å²) in [6.45, 7) is -0.121. The van der Waals surface area contributed by atoms with Gasteiger partial charge in [0, 0.05) is 13.6 Å². The Bertz CT molecular complexity index is 962. The summed E-state index contributed by atoms with van der Waals surface area (Å²) in [7, 11) is -2.14. The summed E-state index contributed by atoms with van der Waals surface area (Å²) in [4.78, 5) is 12.2. The standard InChI is InChI=1S/C17H16ClF3N2O3S/c1-23(27(2,25)26)13-6-7-14(15(18)9-13)16(24)22-10-11-4-3-5-12(8-11)17(19,20)21/h3-9H,10H2,1-2H3,(H,22,24). The largest absolute Gasteiger partial charge is 0.416 e. The molecule has 1 N–H and O–H groups in total. The van der Waals surface area contributed by atoms with E-state index in [-0.39, 0.29) is 28.4 Å². The molecule has 0 unspecified atom stereocenters. The van der Waals surface area contributed by atoms with Crippen LogP contribution in [0.5, 0.6) is 0 Å². The monoisotopic (exact) mass is 420 g/mol. The van der Waals surface area contributed by atoms with Gasteiger partial charge in [-0.2, -0.15) is 13.2 Å². The molecule has 1 amide bonds. The smallest absolute Gasteiger partial charge is 0.348 e. The summed E-state index contributed by atoms with van der Waals surface area (Å²) >= 11 is 6.05. The molecule has 0 spiro atoms. The number of hydrogen-bond donors (Lipinski definition) is 1. The van der Waals surface area contributed by atoms with E-state index < -0.39 is 27.7 Å². The maximum Gasteiger partial charge on any atom is 0.416 e. The summed E-state index contributed by atoms with van der Waals surface area (Å²) in [5, 5.41) is 2.51. The van der Waals surface area contributed by atoms with Gasteiger partial charge in [0.25, 0.3) is 5.91 Å². The lowest BCUT2D eigenvalue weighted by atomic mass is 10.1. The van der Waals surface area contributed by atoms with Crippen molar-refractivity contribution in [2.45, 2.75) is 12.7 Å². The normalized spacial score (nSPS) is 11.9. The van der Waals surface area contributed by atoms with Crippen LogP contribution in [0.15, 0.2) is 42.5 Å². The lowest BCUT2D eigenvalue weighted by Crippen LogP contribution is -2.26. The molecule has 0 heterocycles. The van der Waals surface area contributed by atoms with Gasteiger partial charge in [-0.15, -0.1) is 0 Å². The van der Waals surface area contributed by atoms with Crippen molar-refractivity contribution < 1.29 is 26.4 Å². The van der Waals surface area contributed by atoms with Gasteiger partial charge >= 0.3 is 6.18 Å². The molecule has 27 heavy (non-hydrogen) atoms. The number of nitrogens with zero attached hydrogens (tertiary/aromatic N) is 1. The Hall–Kier alpha value is -2.26. The number of carbonyl (C=O) groups is 1. The predicted molar refractivity (Wildman–Crippen MR) is 97.3 cm³/mol. The number of sulfonamides is 1. The first-order valence-corrected chi connectivity index (χ1v) is 9.80. The summed E-state index contributed by atoms with van der Waals surface area (Å²) in [5.74, 6) is -0.592. The second-order valence-electron chi connectivity index (χ2n) is 5.78. The molecule has 0 radical (unpaired) electrons. The van der Waals surface area contributed by atoms with E-state index in [0.29, 0.717) is 0 Å². The first-order chi connectivity index (χ1) is 12.4. The zero-order chi connectivity index (χ0) is 20.4. The number of amides is 1. The topological polar surface area (TPSA) is 66.5 Å². The van der Waals surface area contributed by atoms with Gasteiger partial charge < -0.3 is 5.32 Å². The molecule has 0 fully saturated rings. The highest BCUT2D eigenvalue weighted by molar-refractivity contribution is 7.92. The van der Waals surface area contributed by atoms with E-state index in [2.05, 4.69) is 5.32 Å². The number of benzene rings is 2. The first kappa shape index (κ1) is 21.0. The number of carbonyl (C=O) groups excluding carboxylic acids is 1. The van der Waals surface area contributed by atoms with Crippen molar-refractivity contribution >= 4 is 33.2 Å². The maximum absolute atomic E-state index is 12.7. The van der Waals surface area contributed by atoms with Gasteiger partial charge in [-0.3, -0.25) is 9.10 Å². The molecule has 0 bridgehead atoms. The maximum atomic E-state index is 12.7. The van der Waals surface area contributed by atoms with Gasteiger partial charge in [-0.1, -0.05) is 23.7 Å². The van der Waals surface area contributed by atoms with Crippen LogP contribution < -0.4 is 9.62 Å². The van der Waals surface area contributed by atoms with Crippen LogP contribution in [0.1, 0.15) is 21.5 Å². The molecule has 2 rings (SSSR count). The Balaban J connectivity index is 2.13. The van der Waals surface area contributed by atoms with Crippen LogP contribution in [0, 0.1) is 0 Å². The predicted octanol–water partition coefficient (Wildman–Crippen LogP) is 3.68. The fourth-order valence-corrected chi connectivity index (χ4v) is 2.97. The molecule has 0 aliphatic rings. The van der Waals surface area contributed by atoms with Gasteiger partial charge in [0.1, 0.15) is 0 Å². The van der Waals surface area contributed by atoms with Gasteiger partial charge in [0.15, 0.2) is 0 Å². The summed E-state index contributed by atoms with van der Waals surface area (Å²) in [5.41, 5.74) is -0.172. The number of anilines is 1. The Labute approximate surface area is 159 Å². The minimum absolute atomic E-state index is 0.0181. The number of nitrogens with one attached hydrogen (secondary N) is 1. The van der Waals surface area contributed by atoms with E-state index in [9.17, 15) is 26.4 Å². The van der Waals surface area contributed by atoms with Crippen molar-refractivity contribution in [1.29, 1.82) is 0 Å². The molecule has 2 aromatic rings. The second kappa shape index (κ2) is 7.77. The third-order valence-electron chi connectivity index (χ3n) is 3.77. The van der Waals surface area contributed by atoms with Crippen molar-refractivity contribution in [3.63, 3.8) is 0 Å². The second-order valence-corrected chi connectivity index (χ2v) is 8.20. The van der Waals surface area contributed by atoms with Crippen LogP contribution in [-0.4, -0.2) is 27.6 Å². The Morgan fingerprint density at radius 2 is 1.85 bits per heavy atom. The van der Waals surface area contributed by atoms with Crippen LogP contribution in [0.2, 0.25) is 5.02 Å². The zero-order valence-electron chi connectivity index (χ0n) is 14.3. The third-order valence-corrected chi connectivity index (χ3v) is 5.28. The van der Waals surface area contributed by atoms with Crippen molar-refractivity contribution in [2.24, 2.45) is 0 Å². The van der Waals surface area contributed by atoms with E-state index in [1.54, 1.807) is 0 Å². The lowest BCUT2D eigenvalue weighted by molar-refractivity contribution is -0.137.